The smallest absolute Gasteiger partial charge is 0.258 e. The molecule has 0 aliphatic carbocycles. The van der Waals surface area contributed by atoms with Gasteiger partial charge < -0.3 is 10.1 Å². The third kappa shape index (κ3) is 6.54. The van der Waals surface area contributed by atoms with Crippen LogP contribution in [0.5, 0.6) is 5.75 Å². The van der Waals surface area contributed by atoms with Gasteiger partial charge in [0.25, 0.3) is 5.91 Å². The maximum absolute atomic E-state index is 12.1. The Bertz CT molecular complexity index is 838. The maximum atomic E-state index is 12.1. The molecule has 0 aliphatic rings. The number of hydrogen-bond acceptors (Lipinski definition) is 4. The molecule has 2 aromatic carbocycles. The van der Waals surface area contributed by atoms with E-state index in [2.05, 4.69) is 32.6 Å². The minimum atomic E-state index is -3.40. The van der Waals surface area contributed by atoms with Crippen molar-refractivity contribution >= 4 is 44.2 Å². The molecule has 0 bridgehead atoms. The van der Waals surface area contributed by atoms with E-state index in [9.17, 15) is 13.2 Å². The number of hydrogen-bond donors (Lipinski definition) is 2. The fraction of sp³-hybridized carbons (Fsp3) is 0.235. The highest BCUT2D eigenvalue weighted by molar-refractivity contribution is 14.1. The number of halogens is 1. The largest absolute Gasteiger partial charge is 0.484 e. The molecule has 8 heteroatoms. The van der Waals surface area contributed by atoms with Gasteiger partial charge in [0.05, 0.1) is 18.0 Å². The first-order valence-electron chi connectivity index (χ1n) is 7.49. The number of carbonyl (C=O) groups excluding carboxylic acids is 1. The quantitative estimate of drug-likeness (QED) is 0.605. The molecule has 0 aliphatic heterocycles. The second-order valence-corrected chi connectivity index (χ2v) is 8.49. The summed E-state index contributed by atoms with van der Waals surface area (Å²) in [5.74, 6) is 0.322. The van der Waals surface area contributed by atoms with Gasteiger partial charge in [-0.1, -0.05) is 18.2 Å². The SMILES string of the molecule is CC(NC(=O)COc1ccc(I)cc1)c1ccccc1NS(C)(=O)=O. The number of amides is 1. The van der Waals surface area contributed by atoms with Crippen molar-refractivity contribution in [2.75, 3.05) is 17.6 Å². The third-order valence-corrected chi connectivity index (χ3v) is 4.59. The van der Waals surface area contributed by atoms with Gasteiger partial charge in [-0.2, -0.15) is 0 Å². The van der Waals surface area contributed by atoms with Gasteiger partial charge in [0.1, 0.15) is 5.75 Å². The number of carbonyl (C=O) groups is 1. The first-order valence-corrected chi connectivity index (χ1v) is 10.5. The van der Waals surface area contributed by atoms with Crippen LogP contribution in [0.15, 0.2) is 48.5 Å². The highest BCUT2D eigenvalue weighted by atomic mass is 127. The molecule has 2 aromatic rings. The predicted octanol–water partition coefficient (Wildman–Crippen LogP) is 2.92. The molecule has 0 heterocycles. The number of sulfonamides is 1. The Balaban J connectivity index is 1.98. The Morgan fingerprint density at radius 3 is 2.44 bits per heavy atom. The second kappa shape index (κ2) is 8.52. The summed E-state index contributed by atoms with van der Waals surface area (Å²) in [6.45, 7) is 1.66. The topological polar surface area (TPSA) is 84.5 Å². The van der Waals surface area contributed by atoms with Gasteiger partial charge in [-0.15, -0.1) is 0 Å². The molecule has 0 fully saturated rings. The molecule has 0 saturated heterocycles. The van der Waals surface area contributed by atoms with E-state index in [4.69, 9.17) is 4.74 Å². The van der Waals surface area contributed by atoms with E-state index in [0.717, 1.165) is 9.83 Å². The zero-order valence-corrected chi connectivity index (χ0v) is 16.8. The number of ether oxygens (including phenoxy) is 1. The Hall–Kier alpha value is -1.81. The standard InChI is InChI=1S/C17H19IN2O4S/c1-12(15-5-3-4-6-16(15)20-25(2,22)23)19-17(21)11-24-14-9-7-13(18)8-10-14/h3-10,12,20H,11H2,1-2H3,(H,19,21). The van der Waals surface area contributed by atoms with Crippen LogP contribution in [0, 0.1) is 3.57 Å². The minimum absolute atomic E-state index is 0.118. The molecule has 2 N–H and O–H groups in total. The minimum Gasteiger partial charge on any atom is -0.484 e. The van der Waals surface area contributed by atoms with Gasteiger partial charge in [-0.25, -0.2) is 8.42 Å². The number of rotatable bonds is 7. The first kappa shape index (κ1) is 19.5. The second-order valence-electron chi connectivity index (χ2n) is 5.49. The summed E-state index contributed by atoms with van der Waals surface area (Å²) in [7, 11) is -3.40. The van der Waals surface area contributed by atoms with Crippen LogP contribution in [-0.4, -0.2) is 27.2 Å². The Morgan fingerprint density at radius 2 is 1.80 bits per heavy atom. The highest BCUT2D eigenvalue weighted by Crippen LogP contribution is 2.23. The van der Waals surface area contributed by atoms with Crippen molar-refractivity contribution < 1.29 is 17.9 Å². The van der Waals surface area contributed by atoms with Crippen LogP contribution in [0.25, 0.3) is 0 Å². The van der Waals surface area contributed by atoms with Gasteiger partial charge in [0.15, 0.2) is 6.61 Å². The Kier molecular flexibility index (Phi) is 6.65. The molecule has 134 valence electrons. The van der Waals surface area contributed by atoms with E-state index in [1.54, 1.807) is 43.3 Å². The maximum Gasteiger partial charge on any atom is 0.258 e. The van der Waals surface area contributed by atoms with E-state index in [-0.39, 0.29) is 18.6 Å². The molecule has 1 atom stereocenters. The van der Waals surface area contributed by atoms with E-state index < -0.39 is 10.0 Å². The molecule has 2 rings (SSSR count). The lowest BCUT2D eigenvalue weighted by Crippen LogP contribution is -2.31. The molecule has 1 unspecified atom stereocenters. The number of benzene rings is 2. The average Bonchev–Trinajstić information content (AvgIpc) is 2.53. The highest BCUT2D eigenvalue weighted by Gasteiger charge is 2.15. The molecule has 1 amide bonds. The zero-order valence-electron chi connectivity index (χ0n) is 13.8. The lowest BCUT2D eigenvalue weighted by atomic mass is 10.1. The van der Waals surface area contributed by atoms with Crippen molar-refractivity contribution in [2.24, 2.45) is 0 Å². The van der Waals surface area contributed by atoms with Crippen molar-refractivity contribution in [2.45, 2.75) is 13.0 Å². The lowest BCUT2D eigenvalue weighted by Gasteiger charge is -2.18. The van der Waals surface area contributed by atoms with Crippen molar-refractivity contribution in [3.8, 4) is 5.75 Å². The van der Waals surface area contributed by atoms with Gasteiger partial charge in [-0.05, 0) is 65.4 Å². The van der Waals surface area contributed by atoms with Crippen LogP contribution in [0.3, 0.4) is 0 Å². The van der Waals surface area contributed by atoms with Gasteiger partial charge in [-0.3, -0.25) is 9.52 Å². The molecule has 0 spiro atoms. The Morgan fingerprint density at radius 1 is 1.16 bits per heavy atom. The third-order valence-electron chi connectivity index (χ3n) is 3.28. The number of anilines is 1. The van der Waals surface area contributed by atoms with Crippen LogP contribution < -0.4 is 14.8 Å². The fourth-order valence-electron chi connectivity index (χ4n) is 2.21. The van der Waals surface area contributed by atoms with E-state index in [1.165, 1.54) is 0 Å². The average molecular weight is 474 g/mol. The van der Waals surface area contributed by atoms with Gasteiger partial charge in [0.2, 0.25) is 10.0 Å². The van der Waals surface area contributed by atoms with Crippen molar-refractivity contribution in [1.82, 2.24) is 5.32 Å². The van der Waals surface area contributed by atoms with Gasteiger partial charge >= 0.3 is 0 Å². The molecule has 6 nitrogen and oxygen atoms in total. The number of para-hydroxylation sites is 1. The van der Waals surface area contributed by atoms with Crippen LogP contribution in [0.1, 0.15) is 18.5 Å². The van der Waals surface area contributed by atoms with Crippen LogP contribution in [0.4, 0.5) is 5.69 Å². The molecular weight excluding hydrogens is 455 g/mol. The zero-order chi connectivity index (χ0) is 18.4. The first-order chi connectivity index (χ1) is 11.7. The van der Waals surface area contributed by atoms with Crippen LogP contribution >= 0.6 is 22.6 Å². The summed E-state index contributed by atoms with van der Waals surface area (Å²) in [5, 5.41) is 2.80. The summed E-state index contributed by atoms with van der Waals surface area (Å²) < 4.78 is 31.9. The normalized spacial score (nSPS) is 12.3. The van der Waals surface area contributed by atoms with E-state index in [1.807, 2.05) is 12.1 Å². The van der Waals surface area contributed by atoms with Crippen molar-refractivity contribution in [3.05, 3.63) is 57.7 Å². The van der Waals surface area contributed by atoms with Crippen LogP contribution in [-0.2, 0) is 14.8 Å². The summed E-state index contributed by atoms with van der Waals surface area (Å²) in [4.78, 5) is 12.1. The molecule has 0 saturated carbocycles. The summed E-state index contributed by atoms with van der Waals surface area (Å²) in [6.07, 6.45) is 1.09. The van der Waals surface area contributed by atoms with E-state index >= 15 is 0 Å². The molecule has 0 aromatic heterocycles. The molecule has 0 radical (unpaired) electrons. The lowest BCUT2D eigenvalue weighted by molar-refractivity contribution is -0.123. The van der Waals surface area contributed by atoms with E-state index in [0.29, 0.717) is 17.0 Å². The molecule has 25 heavy (non-hydrogen) atoms. The van der Waals surface area contributed by atoms with Crippen molar-refractivity contribution in [1.29, 1.82) is 0 Å². The van der Waals surface area contributed by atoms with Gasteiger partial charge in [0, 0.05) is 3.57 Å². The van der Waals surface area contributed by atoms with Crippen molar-refractivity contribution in [3.63, 3.8) is 0 Å². The molecular formula is C17H19IN2O4S. The number of nitrogens with one attached hydrogen (secondary N) is 2. The Labute approximate surface area is 161 Å². The summed E-state index contributed by atoms with van der Waals surface area (Å²) in [6, 6.07) is 13.9. The monoisotopic (exact) mass is 474 g/mol. The predicted molar refractivity (Wildman–Crippen MR) is 106 cm³/mol. The summed E-state index contributed by atoms with van der Waals surface area (Å²) in [5.41, 5.74) is 1.12. The summed E-state index contributed by atoms with van der Waals surface area (Å²) >= 11 is 2.19. The van der Waals surface area contributed by atoms with Crippen LogP contribution in [0.2, 0.25) is 0 Å². The fourth-order valence-corrected chi connectivity index (χ4v) is 3.15.